The highest BCUT2D eigenvalue weighted by atomic mass is 16.5. The summed E-state index contributed by atoms with van der Waals surface area (Å²) in [5, 5.41) is 3.46. The van der Waals surface area contributed by atoms with E-state index in [0.717, 1.165) is 38.6 Å². The van der Waals surface area contributed by atoms with Gasteiger partial charge in [0, 0.05) is 26.9 Å². The van der Waals surface area contributed by atoms with Crippen LogP contribution in [0, 0.1) is 5.92 Å². The Hall–Kier alpha value is -0.160. The van der Waals surface area contributed by atoms with E-state index in [0.29, 0.717) is 13.2 Å². The predicted octanol–water partition coefficient (Wildman–Crippen LogP) is 2.61. The van der Waals surface area contributed by atoms with Crippen LogP contribution in [0.3, 0.4) is 0 Å². The Balaban J connectivity index is 2.20. The molecule has 120 valence electrons. The molecule has 4 nitrogen and oxygen atoms in total. The van der Waals surface area contributed by atoms with Crippen molar-refractivity contribution in [2.24, 2.45) is 5.92 Å². The molecule has 1 aliphatic rings. The fourth-order valence-corrected chi connectivity index (χ4v) is 2.74. The van der Waals surface area contributed by atoms with Crippen LogP contribution in [0.5, 0.6) is 0 Å². The van der Waals surface area contributed by atoms with Gasteiger partial charge in [-0.25, -0.2) is 0 Å². The summed E-state index contributed by atoms with van der Waals surface area (Å²) in [7, 11) is 1.72. The second kappa shape index (κ2) is 10.6. The Morgan fingerprint density at radius 1 is 1.10 bits per heavy atom. The summed E-state index contributed by atoms with van der Waals surface area (Å²) in [5.74, 6) is 0.846. The zero-order chi connectivity index (χ0) is 14.7. The normalized spacial score (nSPS) is 26.9. The number of likely N-dealkylation sites (N-methyl/N-ethyl adjacent to an activating group) is 1. The number of rotatable bonds is 11. The van der Waals surface area contributed by atoms with Gasteiger partial charge in [-0.05, 0) is 44.6 Å². The Labute approximate surface area is 124 Å². The molecule has 1 rings (SSSR count). The largest absolute Gasteiger partial charge is 0.385 e. The number of hydrogen-bond donors (Lipinski definition) is 1. The first-order chi connectivity index (χ1) is 9.72. The van der Waals surface area contributed by atoms with Crippen LogP contribution in [0.1, 0.15) is 46.0 Å². The molecule has 20 heavy (non-hydrogen) atoms. The van der Waals surface area contributed by atoms with Crippen molar-refractivity contribution in [3.63, 3.8) is 0 Å². The minimum Gasteiger partial charge on any atom is -0.385 e. The van der Waals surface area contributed by atoms with Gasteiger partial charge in [-0.1, -0.05) is 13.8 Å². The van der Waals surface area contributed by atoms with E-state index < -0.39 is 0 Å². The number of methoxy groups -OCH3 is 1. The van der Waals surface area contributed by atoms with Gasteiger partial charge < -0.3 is 19.5 Å². The molecule has 0 aromatic heterocycles. The summed E-state index contributed by atoms with van der Waals surface area (Å²) in [6.07, 6.45) is 5.85. The topological polar surface area (TPSA) is 39.7 Å². The summed E-state index contributed by atoms with van der Waals surface area (Å²) in [6, 6.07) is 0. The number of hydrogen-bond acceptors (Lipinski definition) is 4. The average molecular weight is 287 g/mol. The van der Waals surface area contributed by atoms with Gasteiger partial charge >= 0.3 is 0 Å². The lowest BCUT2D eigenvalue weighted by Crippen LogP contribution is -2.46. The Bertz CT molecular complexity index is 222. The van der Waals surface area contributed by atoms with Gasteiger partial charge in [-0.3, -0.25) is 0 Å². The lowest BCUT2D eigenvalue weighted by Gasteiger charge is -2.39. The third-order valence-corrected chi connectivity index (χ3v) is 4.16. The SMILES string of the molecule is CCNCC1(OCCOCCCOC)CCC(C)CC1. The van der Waals surface area contributed by atoms with Gasteiger partial charge in [-0.15, -0.1) is 0 Å². The highest BCUT2D eigenvalue weighted by Crippen LogP contribution is 2.34. The summed E-state index contributed by atoms with van der Waals surface area (Å²) < 4.78 is 16.8. The first-order valence-corrected chi connectivity index (χ1v) is 8.14. The summed E-state index contributed by atoms with van der Waals surface area (Å²) >= 11 is 0. The molecule has 0 bridgehead atoms. The van der Waals surface area contributed by atoms with Crippen molar-refractivity contribution in [3.05, 3.63) is 0 Å². The molecule has 0 amide bonds. The molecule has 1 fully saturated rings. The van der Waals surface area contributed by atoms with Crippen molar-refractivity contribution >= 4 is 0 Å². The zero-order valence-electron chi connectivity index (χ0n) is 13.6. The Morgan fingerprint density at radius 3 is 2.50 bits per heavy atom. The molecule has 0 spiro atoms. The van der Waals surface area contributed by atoms with Crippen LogP contribution in [-0.2, 0) is 14.2 Å². The molecule has 1 N–H and O–H groups in total. The summed E-state index contributed by atoms with van der Waals surface area (Å²) in [4.78, 5) is 0. The van der Waals surface area contributed by atoms with Crippen LogP contribution in [-0.4, -0.2) is 52.2 Å². The highest BCUT2D eigenvalue weighted by Gasteiger charge is 2.34. The average Bonchev–Trinajstić information content (AvgIpc) is 2.47. The van der Waals surface area contributed by atoms with E-state index in [1.54, 1.807) is 7.11 Å². The maximum absolute atomic E-state index is 6.21. The second-order valence-electron chi connectivity index (χ2n) is 5.95. The molecule has 0 atom stereocenters. The van der Waals surface area contributed by atoms with Gasteiger partial charge in [0.05, 0.1) is 18.8 Å². The molecule has 0 radical (unpaired) electrons. The molecular formula is C16H33NO3. The minimum absolute atomic E-state index is 0.0401. The molecule has 0 heterocycles. The quantitative estimate of drug-likeness (QED) is 0.593. The van der Waals surface area contributed by atoms with Crippen molar-refractivity contribution in [2.45, 2.75) is 51.6 Å². The van der Waals surface area contributed by atoms with E-state index in [-0.39, 0.29) is 5.60 Å². The minimum atomic E-state index is 0.0401. The first kappa shape index (κ1) is 17.9. The van der Waals surface area contributed by atoms with Gasteiger partial charge in [0.1, 0.15) is 0 Å². The zero-order valence-corrected chi connectivity index (χ0v) is 13.6. The van der Waals surface area contributed by atoms with Crippen LogP contribution in [0.15, 0.2) is 0 Å². The highest BCUT2D eigenvalue weighted by molar-refractivity contribution is 4.88. The standard InChI is InChI=1S/C16H33NO3/c1-4-17-14-16(8-6-15(2)7-9-16)20-13-12-19-11-5-10-18-3/h15,17H,4-14H2,1-3H3. The molecule has 0 aromatic carbocycles. The maximum atomic E-state index is 6.21. The van der Waals surface area contributed by atoms with E-state index in [2.05, 4.69) is 19.2 Å². The lowest BCUT2D eigenvalue weighted by atomic mass is 9.79. The molecule has 0 aromatic rings. The van der Waals surface area contributed by atoms with E-state index in [1.165, 1.54) is 25.7 Å². The molecule has 1 aliphatic carbocycles. The lowest BCUT2D eigenvalue weighted by molar-refractivity contribution is -0.0919. The molecular weight excluding hydrogens is 254 g/mol. The van der Waals surface area contributed by atoms with Crippen molar-refractivity contribution in [3.8, 4) is 0 Å². The summed E-state index contributed by atoms with van der Waals surface area (Å²) in [6.45, 7) is 9.39. The van der Waals surface area contributed by atoms with Gasteiger partial charge in [-0.2, -0.15) is 0 Å². The maximum Gasteiger partial charge on any atom is 0.0807 e. The fourth-order valence-electron chi connectivity index (χ4n) is 2.74. The van der Waals surface area contributed by atoms with Crippen molar-refractivity contribution in [1.82, 2.24) is 5.32 Å². The van der Waals surface area contributed by atoms with Crippen LogP contribution in [0.25, 0.3) is 0 Å². The first-order valence-electron chi connectivity index (χ1n) is 8.14. The van der Waals surface area contributed by atoms with Crippen LogP contribution >= 0.6 is 0 Å². The molecule has 1 saturated carbocycles. The predicted molar refractivity (Wildman–Crippen MR) is 82.2 cm³/mol. The molecule has 0 aliphatic heterocycles. The van der Waals surface area contributed by atoms with E-state index in [1.807, 2.05) is 0 Å². The van der Waals surface area contributed by atoms with Crippen LogP contribution in [0.4, 0.5) is 0 Å². The Kier molecular flexibility index (Phi) is 9.44. The van der Waals surface area contributed by atoms with Crippen LogP contribution in [0.2, 0.25) is 0 Å². The molecule has 0 saturated heterocycles. The van der Waals surface area contributed by atoms with Crippen LogP contribution < -0.4 is 5.32 Å². The Morgan fingerprint density at radius 2 is 1.85 bits per heavy atom. The summed E-state index contributed by atoms with van der Waals surface area (Å²) in [5.41, 5.74) is 0.0401. The third kappa shape index (κ3) is 7.02. The van der Waals surface area contributed by atoms with Crippen molar-refractivity contribution in [1.29, 1.82) is 0 Å². The fraction of sp³-hybridized carbons (Fsp3) is 1.00. The monoisotopic (exact) mass is 287 g/mol. The van der Waals surface area contributed by atoms with Crippen molar-refractivity contribution < 1.29 is 14.2 Å². The van der Waals surface area contributed by atoms with E-state index >= 15 is 0 Å². The van der Waals surface area contributed by atoms with Gasteiger partial charge in [0.2, 0.25) is 0 Å². The van der Waals surface area contributed by atoms with E-state index in [4.69, 9.17) is 14.2 Å². The number of ether oxygens (including phenoxy) is 3. The molecule has 0 unspecified atom stereocenters. The third-order valence-electron chi connectivity index (χ3n) is 4.16. The number of nitrogens with one attached hydrogen (secondary N) is 1. The molecule has 4 heteroatoms. The van der Waals surface area contributed by atoms with Gasteiger partial charge in [0.25, 0.3) is 0 Å². The smallest absolute Gasteiger partial charge is 0.0807 e. The second-order valence-corrected chi connectivity index (χ2v) is 5.95. The van der Waals surface area contributed by atoms with Gasteiger partial charge in [0.15, 0.2) is 0 Å². The van der Waals surface area contributed by atoms with Crippen molar-refractivity contribution in [2.75, 3.05) is 46.6 Å². The van der Waals surface area contributed by atoms with E-state index in [9.17, 15) is 0 Å².